The maximum Gasteiger partial charge on any atom is 0.235 e. The van der Waals surface area contributed by atoms with E-state index in [0.717, 1.165) is 51.4 Å². The summed E-state index contributed by atoms with van der Waals surface area (Å²) in [6.07, 6.45) is 7.85. The maximum atomic E-state index is 12.2. The summed E-state index contributed by atoms with van der Waals surface area (Å²) in [5.74, 6) is -0.0224. The molecular weight excluding hydrogens is 252 g/mol. The minimum absolute atomic E-state index is 0.0224. The molecule has 2 aliphatic rings. The molecule has 0 radical (unpaired) electrons. The fourth-order valence-corrected chi connectivity index (χ4v) is 3.45. The summed E-state index contributed by atoms with van der Waals surface area (Å²) in [7, 11) is 1.99. The van der Waals surface area contributed by atoms with E-state index in [1.54, 1.807) is 0 Å². The first-order valence-corrected chi connectivity index (χ1v) is 7.73. The van der Waals surface area contributed by atoms with Gasteiger partial charge in [-0.2, -0.15) is 5.26 Å². The normalized spacial score (nSPS) is 29.1. The van der Waals surface area contributed by atoms with Crippen LogP contribution in [0, 0.1) is 11.3 Å². The van der Waals surface area contributed by atoms with Gasteiger partial charge in [-0.15, -0.1) is 0 Å². The molecule has 2 fully saturated rings. The van der Waals surface area contributed by atoms with Gasteiger partial charge in [-0.3, -0.25) is 9.69 Å². The number of hydrogen-bond donors (Lipinski definition) is 2. The van der Waals surface area contributed by atoms with Gasteiger partial charge in [0.05, 0.1) is 12.6 Å². The molecule has 2 saturated carbocycles. The molecule has 0 aromatic rings. The number of rotatable bonds is 4. The molecule has 0 saturated heterocycles. The van der Waals surface area contributed by atoms with Crippen LogP contribution in [0.5, 0.6) is 0 Å². The number of likely N-dealkylation sites (N-methyl/N-ethyl adjacent to an activating group) is 1. The van der Waals surface area contributed by atoms with Crippen LogP contribution in [-0.2, 0) is 4.79 Å². The average molecular weight is 278 g/mol. The van der Waals surface area contributed by atoms with Gasteiger partial charge in [0.1, 0.15) is 5.54 Å². The summed E-state index contributed by atoms with van der Waals surface area (Å²) >= 11 is 0. The van der Waals surface area contributed by atoms with Crippen molar-refractivity contribution in [3.05, 3.63) is 0 Å². The molecule has 2 rings (SSSR count). The van der Waals surface area contributed by atoms with Crippen molar-refractivity contribution in [2.45, 2.75) is 69.0 Å². The molecular formula is C15H26N4O. The van der Waals surface area contributed by atoms with Crippen LogP contribution in [0.3, 0.4) is 0 Å². The van der Waals surface area contributed by atoms with Gasteiger partial charge in [-0.05, 0) is 58.4 Å². The fraction of sp³-hybridized carbons (Fsp3) is 0.867. The third kappa shape index (κ3) is 3.71. The Hall–Kier alpha value is -1.12. The Balaban J connectivity index is 1.80. The highest BCUT2D eigenvalue weighted by Crippen LogP contribution is 2.29. The minimum atomic E-state index is -0.604. The topological polar surface area (TPSA) is 82.2 Å². The third-order valence-corrected chi connectivity index (χ3v) is 4.81. The summed E-state index contributed by atoms with van der Waals surface area (Å²) in [4.78, 5) is 14.3. The van der Waals surface area contributed by atoms with Crippen molar-refractivity contribution < 1.29 is 4.79 Å². The molecule has 0 unspecified atom stereocenters. The molecule has 0 heterocycles. The van der Waals surface area contributed by atoms with Crippen molar-refractivity contribution in [1.29, 1.82) is 5.26 Å². The van der Waals surface area contributed by atoms with E-state index in [9.17, 15) is 10.1 Å². The van der Waals surface area contributed by atoms with Crippen LogP contribution in [0.1, 0.15) is 51.4 Å². The van der Waals surface area contributed by atoms with Gasteiger partial charge < -0.3 is 11.1 Å². The number of carbonyl (C=O) groups is 1. The van der Waals surface area contributed by atoms with Crippen LogP contribution in [0.2, 0.25) is 0 Å². The first-order chi connectivity index (χ1) is 9.54. The van der Waals surface area contributed by atoms with Crippen molar-refractivity contribution >= 4 is 5.91 Å². The molecule has 5 nitrogen and oxygen atoms in total. The van der Waals surface area contributed by atoms with Gasteiger partial charge in [0.25, 0.3) is 0 Å². The molecule has 0 aromatic carbocycles. The van der Waals surface area contributed by atoms with E-state index in [-0.39, 0.29) is 5.91 Å². The number of nitrogens with one attached hydrogen (secondary N) is 1. The van der Waals surface area contributed by atoms with E-state index >= 15 is 0 Å². The average Bonchev–Trinajstić information content (AvgIpc) is 2.88. The van der Waals surface area contributed by atoms with Crippen LogP contribution in [-0.4, -0.2) is 42.0 Å². The van der Waals surface area contributed by atoms with E-state index in [1.807, 2.05) is 7.05 Å². The van der Waals surface area contributed by atoms with Gasteiger partial charge in [-0.25, -0.2) is 0 Å². The van der Waals surface area contributed by atoms with Gasteiger partial charge in [0.15, 0.2) is 0 Å². The molecule has 2 aliphatic carbocycles. The monoisotopic (exact) mass is 278 g/mol. The zero-order valence-corrected chi connectivity index (χ0v) is 12.4. The molecule has 112 valence electrons. The number of hydrogen-bond acceptors (Lipinski definition) is 4. The van der Waals surface area contributed by atoms with Gasteiger partial charge in [0.2, 0.25) is 5.91 Å². The number of carbonyl (C=O) groups excluding carboxylic acids is 1. The largest absolute Gasteiger partial charge is 0.337 e. The first kappa shape index (κ1) is 15.3. The quantitative estimate of drug-likeness (QED) is 0.808. The number of nitrogens with zero attached hydrogens (tertiary/aromatic N) is 2. The predicted molar refractivity (Wildman–Crippen MR) is 77.8 cm³/mol. The van der Waals surface area contributed by atoms with E-state index in [2.05, 4.69) is 16.3 Å². The van der Waals surface area contributed by atoms with E-state index in [0.29, 0.717) is 18.6 Å². The lowest BCUT2D eigenvalue weighted by atomic mass is 9.91. The zero-order chi connectivity index (χ0) is 14.6. The van der Waals surface area contributed by atoms with Crippen LogP contribution in [0.15, 0.2) is 0 Å². The standard InChI is InChI=1S/C15H26N4O/c1-19(13-6-4-12(17)5-7-13)10-14(20)18-15(11-16)8-2-3-9-15/h12-13H,2-10,17H2,1H3,(H,18,20). The highest BCUT2D eigenvalue weighted by atomic mass is 16.2. The van der Waals surface area contributed by atoms with Crippen molar-refractivity contribution in [2.24, 2.45) is 5.73 Å². The summed E-state index contributed by atoms with van der Waals surface area (Å²) in [5.41, 5.74) is 5.30. The Bertz CT molecular complexity index is 376. The Morgan fingerprint density at radius 2 is 1.95 bits per heavy atom. The van der Waals surface area contributed by atoms with E-state index in [4.69, 9.17) is 5.73 Å². The Morgan fingerprint density at radius 1 is 1.35 bits per heavy atom. The minimum Gasteiger partial charge on any atom is -0.337 e. The Kier molecular flexibility index (Phi) is 5.00. The van der Waals surface area contributed by atoms with Gasteiger partial charge >= 0.3 is 0 Å². The molecule has 3 N–H and O–H groups in total. The molecule has 0 spiro atoms. The van der Waals surface area contributed by atoms with Crippen molar-refractivity contribution in [3.63, 3.8) is 0 Å². The van der Waals surface area contributed by atoms with Crippen LogP contribution < -0.4 is 11.1 Å². The molecule has 5 heteroatoms. The van der Waals surface area contributed by atoms with E-state index < -0.39 is 5.54 Å². The number of nitrogens with two attached hydrogens (primary N) is 1. The first-order valence-electron chi connectivity index (χ1n) is 7.73. The van der Waals surface area contributed by atoms with Crippen LogP contribution in [0.25, 0.3) is 0 Å². The summed E-state index contributed by atoms with van der Waals surface area (Å²) in [5, 5.41) is 12.2. The lowest BCUT2D eigenvalue weighted by Crippen LogP contribution is -2.50. The predicted octanol–water partition coefficient (Wildman–Crippen LogP) is 1.14. The second-order valence-corrected chi connectivity index (χ2v) is 6.43. The molecule has 0 aromatic heterocycles. The maximum absolute atomic E-state index is 12.2. The second-order valence-electron chi connectivity index (χ2n) is 6.43. The highest BCUT2D eigenvalue weighted by Gasteiger charge is 2.35. The smallest absolute Gasteiger partial charge is 0.235 e. The lowest BCUT2D eigenvalue weighted by molar-refractivity contribution is -0.123. The SMILES string of the molecule is CN(CC(=O)NC1(C#N)CCCC1)C1CCC(N)CC1. The number of nitriles is 1. The third-order valence-electron chi connectivity index (χ3n) is 4.81. The zero-order valence-electron chi connectivity index (χ0n) is 12.4. The van der Waals surface area contributed by atoms with Crippen molar-refractivity contribution in [2.75, 3.05) is 13.6 Å². The van der Waals surface area contributed by atoms with Crippen molar-refractivity contribution in [3.8, 4) is 6.07 Å². The molecule has 0 bridgehead atoms. The van der Waals surface area contributed by atoms with E-state index in [1.165, 1.54) is 0 Å². The Morgan fingerprint density at radius 3 is 2.50 bits per heavy atom. The van der Waals surface area contributed by atoms with Gasteiger partial charge in [0, 0.05) is 12.1 Å². The summed E-state index contributed by atoms with van der Waals surface area (Å²) in [6, 6.07) is 3.07. The molecule has 0 aliphatic heterocycles. The molecule has 20 heavy (non-hydrogen) atoms. The van der Waals surface area contributed by atoms with Gasteiger partial charge in [-0.1, -0.05) is 0 Å². The van der Waals surface area contributed by atoms with Crippen LogP contribution in [0.4, 0.5) is 0 Å². The Labute approximate surface area is 121 Å². The fourth-order valence-electron chi connectivity index (χ4n) is 3.45. The number of amides is 1. The molecule has 0 atom stereocenters. The van der Waals surface area contributed by atoms with Crippen molar-refractivity contribution in [1.82, 2.24) is 10.2 Å². The lowest BCUT2D eigenvalue weighted by Gasteiger charge is -2.33. The summed E-state index contributed by atoms with van der Waals surface area (Å²) in [6.45, 7) is 0.378. The summed E-state index contributed by atoms with van der Waals surface area (Å²) < 4.78 is 0. The highest BCUT2D eigenvalue weighted by molar-refractivity contribution is 5.79. The van der Waals surface area contributed by atoms with Crippen LogP contribution >= 0.6 is 0 Å². The second kappa shape index (κ2) is 6.55. The molecule has 1 amide bonds.